The van der Waals surface area contributed by atoms with E-state index in [4.69, 9.17) is 21.7 Å². The summed E-state index contributed by atoms with van der Waals surface area (Å²) >= 11 is 6.12. The van der Waals surface area contributed by atoms with E-state index in [2.05, 4.69) is 5.32 Å². The first-order valence-electron chi connectivity index (χ1n) is 7.96. The van der Waals surface area contributed by atoms with E-state index in [-0.39, 0.29) is 17.2 Å². The van der Waals surface area contributed by atoms with Crippen molar-refractivity contribution in [2.45, 2.75) is 6.92 Å². The van der Waals surface area contributed by atoms with Crippen molar-refractivity contribution in [3.05, 3.63) is 64.3 Å². The van der Waals surface area contributed by atoms with Crippen LogP contribution in [0.2, 0.25) is 0 Å². The average molecular weight is 403 g/mol. The predicted molar refractivity (Wildman–Crippen MR) is 105 cm³/mol. The number of esters is 1. The Hall–Kier alpha value is -2.71. The van der Waals surface area contributed by atoms with E-state index >= 15 is 0 Å². The highest BCUT2D eigenvalue weighted by Crippen LogP contribution is 2.32. The summed E-state index contributed by atoms with van der Waals surface area (Å²) in [5.74, 6) is -1.29. The van der Waals surface area contributed by atoms with Gasteiger partial charge in [0.25, 0.3) is 5.91 Å². The van der Waals surface area contributed by atoms with E-state index in [1.165, 1.54) is 36.0 Å². The van der Waals surface area contributed by atoms with Gasteiger partial charge in [0.05, 0.1) is 17.1 Å². The smallest absolute Gasteiger partial charge is 0.346 e. The Morgan fingerprint density at radius 2 is 2.04 bits per heavy atom. The van der Waals surface area contributed by atoms with Crippen LogP contribution in [0.15, 0.2) is 47.4 Å². The molecule has 1 aliphatic heterocycles. The van der Waals surface area contributed by atoms with Crippen LogP contribution in [-0.2, 0) is 4.79 Å². The molecule has 138 valence electrons. The molecule has 1 heterocycles. The molecule has 0 atom stereocenters. The van der Waals surface area contributed by atoms with E-state index in [0.717, 1.165) is 0 Å². The Morgan fingerprint density at radius 3 is 2.70 bits per heavy atom. The lowest BCUT2D eigenvalue weighted by Crippen LogP contribution is -2.17. The van der Waals surface area contributed by atoms with Crippen molar-refractivity contribution >= 4 is 46.3 Å². The molecule has 27 heavy (non-hydrogen) atoms. The molecule has 0 aromatic heterocycles. The Labute approximate surface area is 164 Å². The summed E-state index contributed by atoms with van der Waals surface area (Å²) < 4.78 is 25.0. The van der Waals surface area contributed by atoms with Crippen molar-refractivity contribution in [3.63, 3.8) is 0 Å². The number of amides is 1. The summed E-state index contributed by atoms with van der Waals surface area (Å²) in [6, 6.07) is 10.4. The molecule has 0 aliphatic carbocycles. The van der Waals surface area contributed by atoms with Crippen LogP contribution >= 0.6 is 24.0 Å². The SMILES string of the molecule is CCOc1cc(/C=C2/SC(=S)NC2=O)ccc1OC(=O)c1ccccc1F. The normalized spacial score (nSPS) is 15.0. The van der Waals surface area contributed by atoms with Gasteiger partial charge in [-0.1, -0.05) is 42.2 Å². The molecule has 0 saturated carbocycles. The quantitative estimate of drug-likeness (QED) is 0.353. The number of hydrogen-bond donors (Lipinski definition) is 1. The Morgan fingerprint density at radius 1 is 1.26 bits per heavy atom. The van der Waals surface area contributed by atoms with Gasteiger partial charge in [-0.15, -0.1) is 0 Å². The summed E-state index contributed by atoms with van der Waals surface area (Å²) in [7, 11) is 0. The van der Waals surface area contributed by atoms with E-state index in [9.17, 15) is 14.0 Å². The third kappa shape index (κ3) is 4.53. The molecule has 1 aliphatic rings. The Balaban J connectivity index is 1.87. The molecule has 0 radical (unpaired) electrons. The zero-order chi connectivity index (χ0) is 19.4. The van der Waals surface area contributed by atoms with Gasteiger partial charge >= 0.3 is 5.97 Å². The molecule has 1 N–H and O–H groups in total. The van der Waals surface area contributed by atoms with Crippen molar-refractivity contribution in [2.24, 2.45) is 0 Å². The highest BCUT2D eigenvalue weighted by molar-refractivity contribution is 8.26. The highest BCUT2D eigenvalue weighted by Gasteiger charge is 2.22. The maximum atomic E-state index is 13.8. The zero-order valence-corrected chi connectivity index (χ0v) is 15.8. The largest absolute Gasteiger partial charge is 0.490 e. The summed E-state index contributed by atoms with van der Waals surface area (Å²) in [5, 5.41) is 2.54. The van der Waals surface area contributed by atoms with Gasteiger partial charge in [-0.05, 0) is 42.8 Å². The van der Waals surface area contributed by atoms with Crippen LogP contribution in [0.3, 0.4) is 0 Å². The van der Waals surface area contributed by atoms with E-state index in [1.807, 2.05) is 0 Å². The second kappa shape index (κ2) is 8.32. The second-order valence-electron chi connectivity index (χ2n) is 5.36. The monoisotopic (exact) mass is 403 g/mol. The number of carbonyl (C=O) groups is 2. The van der Waals surface area contributed by atoms with Gasteiger partial charge in [0, 0.05) is 0 Å². The fourth-order valence-electron chi connectivity index (χ4n) is 2.32. The van der Waals surface area contributed by atoms with Gasteiger partial charge in [-0.25, -0.2) is 9.18 Å². The lowest BCUT2D eigenvalue weighted by atomic mass is 10.1. The Bertz CT molecular complexity index is 958. The molecule has 0 bridgehead atoms. The summed E-state index contributed by atoms with van der Waals surface area (Å²) in [5.41, 5.74) is 0.505. The van der Waals surface area contributed by atoms with Crippen LogP contribution in [0, 0.1) is 5.82 Å². The lowest BCUT2D eigenvalue weighted by molar-refractivity contribution is -0.115. The molecular formula is C19H14FNO4S2. The molecule has 1 fully saturated rings. The van der Waals surface area contributed by atoms with Gasteiger partial charge in [-0.3, -0.25) is 4.79 Å². The molecule has 1 amide bonds. The van der Waals surface area contributed by atoms with Crippen molar-refractivity contribution in [2.75, 3.05) is 6.61 Å². The predicted octanol–water partition coefficient (Wildman–Crippen LogP) is 3.93. The minimum atomic E-state index is -0.823. The molecule has 0 unspecified atom stereocenters. The first-order valence-corrected chi connectivity index (χ1v) is 9.19. The van der Waals surface area contributed by atoms with Gasteiger partial charge in [0.15, 0.2) is 11.5 Å². The molecule has 5 nitrogen and oxygen atoms in total. The van der Waals surface area contributed by atoms with Crippen LogP contribution in [0.25, 0.3) is 6.08 Å². The third-order valence-corrected chi connectivity index (χ3v) is 4.67. The number of thioether (sulfide) groups is 1. The van der Waals surface area contributed by atoms with Gasteiger partial charge in [0.2, 0.25) is 0 Å². The molecule has 8 heteroatoms. The van der Waals surface area contributed by atoms with E-state index in [1.54, 1.807) is 31.2 Å². The maximum Gasteiger partial charge on any atom is 0.346 e. The van der Waals surface area contributed by atoms with Crippen LogP contribution in [0.1, 0.15) is 22.8 Å². The summed E-state index contributed by atoms with van der Waals surface area (Å²) in [4.78, 5) is 24.5. The first-order chi connectivity index (χ1) is 13.0. The molecule has 2 aromatic rings. The topological polar surface area (TPSA) is 64.6 Å². The standard InChI is InChI=1S/C19H14FNO4S2/c1-2-24-15-9-11(10-16-17(22)21-19(26)27-16)7-8-14(15)25-18(23)12-5-3-4-6-13(12)20/h3-10H,2H2,1H3,(H,21,22,26)/b16-10+. The maximum absolute atomic E-state index is 13.8. The number of thiocarbonyl (C=S) groups is 1. The van der Waals surface area contributed by atoms with Crippen LogP contribution in [0.5, 0.6) is 11.5 Å². The van der Waals surface area contributed by atoms with Crippen molar-refractivity contribution in [1.29, 1.82) is 0 Å². The lowest BCUT2D eigenvalue weighted by Gasteiger charge is -2.12. The van der Waals surface area contributed by atoms with E-state index in [0.29, 0.717) is 27.1 Å². The number of carbonyl (C=O) groups excluding carboxylic acids is 2. The fourth-order valence-corrected chi connectivity index (χ4v) is 3.37. The van der Waals surface area contributed by atoms with Crippen LogP contribution in [-0.4, -0.2) is 22.8 Å². The molecule has 2 aromatic carbocycles. The average Bonchev–Trinajstić information content (AvgIpc) is 2.95. The van der Waals surface area contributed by atoms with Crippen LogP contribution in [0.4, 0.5) is 4.39 Å². The van der Waals surface area contributed by atoms with Crippen LogP contribution < -0.4 is 14.8 Å². The van der Waals surface area contributed by atoms with Gasteiger partial charge in [-0.2, -0.15) is 0 Å². The summed E-state index contributed by atoms with van der Waals surface area (Å²) in [6.07, 6.45) is 1.66. The summed E-state index contributed by atoms with van der Waals surface area (Å²) in [6.45, 7) is 2.12. The third-order valence-electron chi connectivity index (χ3n) is 3.50. The number of halogens is 1. The minimum Gasteiger partial charge on any atom is -0.490 e. The molecule has 3 rings (SSSR count). The van der Waals surface area contributed by atoms with E-state index < -0.39 is 11.8 Å². The number of ether oxygens (including phenoxy) is 2. The fraction of sp³-hybridized carbons (Fsp3) is 0.105. The number of nitrogens with one attached hydrogen (secondary N) is 1. The minimum absolute atomic E-state index is 0.159. The molecule has 0 spiro atoms. The molecule has 1 saturated heterocycles. The van der Waals surface area contributed by atoms with Crippen molar-refractivity contribution in [3.8, 4) is 11.5 Å². The van der Waals surface area contributed by atoms with Gasteiger partial charge in [0.1, 0.15) is 10.1 Å². The second-order valence-corrected chi connectivity index (χ2v) is 7.08. The number of hydrogen-bond acceptors (Lipinski definition) is 6. The highest BCUT2D eigenvalue weighted by atomic mass is 32.2. The van der Waals surface area contributed by atoms with Crippen molar-refractivity contribution < 1.29 is 23.5 Å². The first kappa shape index (κ1) is 19.1. The van der Waals surface area contributed by atoms with Gasteiger partial charge < -0.3 is 14.8 Å². The Kier molecular flexibility index (Phi) is 5.88. The number of benzene rings is 2. The van der Waals surface area contributed by atoms with Crippen molar-refractivity contribution in [1.82, 2.24) is 5.32 Å². The zero-order valence-electron chi connectivity index (χ0n) is 14.2. The molecular weight excluding hydrogens is 389 g/mol. The number of rotatable bonds is 5.